The number of hydrogen-bond acceptors (Lipinski definition) is 5. The number of pyridine rings is 1. The third-order valence-corrected chi connectivity index (χ3v) is 6.49. The zero-order valence-electron chi connectivity index (χ0n) is 18.5. The molecule has 2 amide bonds. The molecule has 0 atom stereocenters. The molecule has 176 valence electrons. The minimum absolute atomic E-state index is 0.0595. The van der Waals surface area contributed by atoms with Crippen LogP contribution in [-0.2, 0) is 21.4 Å². The molecular formula is C26H22N4O4S. The summed E-state index contributed by atoms with van der Waals surface area (Å²) in [6.45, 7) is 0.119. The van der Waals surface area contributed by atoms with Gasteiger partial charge in [0, 0.05) is 35.3 Å². The summed E-state index contributed by atoms with van der Waals surface area (Å²) in [6, 6.07) is 24.0. The predicted molar refractivity (Wildman–Crippen MR) is 133 cm³/mol. The van der Waals surface area contributed by atoms with E-state index in [4.69, 9.17) is 0 Å². The van der Waals surface area contributed by atoms with Crippen molar-refractivity contribution in [1.29, 1.82) is 0 Å². The molecule has 1 heterocycles. The van der Waals surface area contributed by atoms with E-state index in [9.17, 15) is 18.0 Å². The van der Waals surface area contributed by atoms with E-state index in [0.29, 0.717) is 0 Å². The molecule has 4 rings (SSSR count). The van der Waals surface area contributed by atoms with E-state index >= 15 is 0 Å². The van der Waals surface area contributed by atoms with E-state index < -0.39 is 21.8 Å². The van der Waals surface area contributed by atoms with E-state index in [-0.39, 0.29) is 17.0 Å². The Morgan fingerprint density at radius 1 is 0.857 bits per heavy atom. The highest BCUT2D eigenvalue weighted by molar-refractivity contribution is 7.89. The molecule has 0 aliphatic rings. The Balaban J connectivity index is 1.37. The number of amides is 2. The summed E-state index contributed by atoms with van der Waals surface area (Å²) >= 11 is 0. The van der Waals surface area contributed by atoms with Crippen molar-refractivity contribution in [3.05, 3.63) is 114 Å². The molecule has 3 N–H and O–H groups in total. The lowest BCUT2D eigenvalue weighted by atomic mass is 10.1. The Bertz CT molecular complexity index is 1500. The number of carbonyl (C=O) groups is 2. The molecule has 0 saturated carbocycles. The molecule has 0 unspecified atom stereocenters. The monoisotopic (exact) mass is 486 g/mol. The minimum atomic E-state index is -3.84. The molecule has 0 saturated heterocycles. The Kier molecular flexibility index (Phi) is 7.30. The largest absolute Gasteiger partial charge is 0.269 e. The first-order chi connectivity index (χ1) is 16.9. The molecule has 3 aromatic carbocycles. The van der Waals surface area contributed by atoms with Crippen LogP contribution in [-0.4, -0.2) is 25.2 Å². The Labute approximate surface area is 202 Å². The smallest absolute Gasteiger partial charge is 0.268 e. The Morgan fingerprint density at radius 2 is 1.63 bits per heavy atom. The average molecular weight is 487 g/mol. The van der Waals surface area contributed by atoms with Crippen LogP contribution in [0.1, 0.15) is 21.5 Å². The quantitative estimate of drug-likeness (QED) is 0.274. The van der Waals surface area contributed by atoms with Crippen molar-refractivity contribution < 1.29 is 18.0 Å². The zero-order chi connectivity index (χ0) is 24.7. The summed E-state index contributed by atoms with van der Waals surface area (Å²) in [5.74, 6) is -1.21. The van der Waals surface area contributed by atoms with Gasteiger partial charge in [0.1, 0.15) is 0 Å². The van der Waals surface area contributed by atoms with Gasteiger partial charge in [-0.15, -0.1) is 0 Å². The molecule has 0 spiro atoms. The highest BCUT2D eigenvalue weighted by atomic mass is 32.2. The fourth-order valence-corrected chi connectivity index (χ4v) is 4.39. The summed E-state index contributed by atoms with van der Waals surface area (Å²) in [5.41, 5.74) is 6.97. The van der Waals surface area contributed by atoms with E-state index in [2.05, 4.69) is 20.6 Å². The zero-order valence-corrected chi connectivity index (χ0v) is 19.3. The van der Waals surface area contributed by atoms with Crippen LogP contribution in [0.4, 0.5) is 0 Å². The van der Waals surface area contributed by atoms with Gasteiger partial charge in [-0.25, -0.2) is 13.1 Å². The lowest BCUT2D eigenvalue weighted by Crippen LogP contribution is -2.40. The van der Waals surface area contributed by atoms with Gasteiger partial charge in [-0.3, -0.25) is 25.4 Å². The first kappa shape index (κ1) is 23.8. The molecule has 35 heavy (non-hydrogen) atoms. The van der Waals surface area contributed by atoms with Crippen molar-refractivity contribution in [3.63, 3.8) is 0 Å². The average Bonchev–Trinajstić information content (AvgIpc) is 2.90. The van der Waals surface area contributed by atoms with E-state index in [1.165, 1.54) is 30.3 Å². The van der Waals surface area contributed by atoms with Gasteiger partial charge in [0.25, 0.3) is 11.8 Å². The van der Waals surface area contributed by atoms with Gasteiger partial charge in [-0.05, 0) is 35.9 Å². The molecule has 4 aromatic rings. The van der Waals surface area contributed by atoms with Crippen molar-refractivity contribution in [2.75, 3.05) is 0 Å². The second-order valence-electron chi connectivity index (χ2n) is 7.54. The summed E-state index contributed by atoms with van der Waals surface area (Å²) < 4.78 is 27.8. The predicted octanol–water partition coefficient (Wildman–Crippen LogP) is 3.19. The number of para-hydroxylation sites is 1. The van der Waals surface area contributed by atoms with E-state index in [0.717, 1.165) is 22.0 Å². The fourth-order valence-electron chi connectivity index (χ4n) is 3.32. The van der Waals surface area contributed by atoms with Gasteiger partial charge in [0.2, 0.25) is 10.0 Å². The van der Waals surface area contributed by atoms with E-state index in [1.54, 1.807) is 24.4 Å². The fraction of sp³-hybridized carbons (Fsp3) is 0.0385. The Morgan fingerprint density at radius 3 is 2.46 bits per heavy atom. The minimum Gasteiger partial charge on any atom is -0.268 e. The van der Waals surface area contributed by atoms with Crippen LogP contribution in [0.15, 0.2) is 102 Å². The second-order valence-corrected chi connectivity index (χ2v) is 9.30. The third-order valence-electron chi connectivity index (χ3n) is 5.09. The number of aromatic nitrogens is 1. The van der Waals surface area contributed by atoms with Crippen LogP contribution in [0.3, 0.4) is 0 Å². The van der Waals surface area contributed by atoms with Gasteiger partial charge in [-0.1, -0.05) is 60.7 Å². The summed E-state index contributed by atoms with van der Waals surface area (Å²) in [6.07, 6.45) is 4.55. The van der Waals surface area contributed by atoms with Crippen LogP contribution < -0.4 is 15.6 Å². The van der Waals surface area contributed by atoms with Crippen molar-refractivity contribution in [2.45, 2.75) is 11.4 Å². The molecule has 0 bridgehead atoms. The number of carbonyl (C=O) groups excluding carboxylic acids is 2. The number of fused-ring (bicyclic) bond motifs is 1. The van der Waals surface area contributed by atoms with Gasteiger partial charge >= 0.3 is 0 Å². The van der Waals surface area contributed by atoms with Gasteiger partial charge in [0.15, 0.2) is 0 Å². The molecule has 1 aromatic heterocycles. The number of benzene rings is 3. The maximum Gasteiger partial charge on any atom is 0.269 e. The molecule has 8 nitrogen and oxygen atoms in total. The number of sulfonamides is 1. The summed E-state index contributed by atoms with van der Waals surface area (Å²) in [4.78, 5) is 28.9. The Hall–Kier alpha value is -4.34. The maximum atomic E-state index is 12.6. The standard InChI is InChI=1S/C26H22N4O4S/c31-24(15-14-21-10-4-9-20-12-6-16-27-25(20)21)29-30-26(32)22-11-5-13-23(17-22)35(33,34)28-18-19-7-2-1-3-8-19/h1-17,28H,18H2,(H,29,31)(H,30,32)/b15-14+. The molecular weight excluding hydrogens is 464 g/mol. The lowest BCUT2D eigenvalue weighted by molar-refractivity contribution is -0.117. The first-order valence-corrected chi connectivity index (χ1v) is 12.2. The first-order valence-electron chi connectivity index (χ1n) is 10.7. The number of nitrogens with one attached hydrogen (secondary N) is 3. The number of hydrogen-bond donors (Lipinski definition) is 3. The molecule has 0 aliphatic carbocycles. The number of hydrazine groups is 1. The van der Waals surface area contributed by atoms with Crippen molar-refractivity contribution in [1.82, 2.24) is 20.6 Å². The van der Waals surface area contributed by atoms with Crippen LogP contribution in [0.5, 0.6) is 0 Å². The number of rotatable bonds is 7. The topological polar surface area (TPSA) is 117 Å². The number of nitrogens with zero attached hydrogens (tertiary/aromatic N) is 1. The highest BCUT2D eigenvalue weighted by Gasteiger charge is 2.16. The summed E-state index contributed by atoms with van der Waals surface area (Å²) in [7, 11) is -3.84. The van der Waals surface area contributed by atoms with Crippen LogP contribution in [0, 0.1) is 0 Å². The van der Waals surface area contributed by atoms with Crippen LogP contribution in [0.25, 0.3) is 17.0 Å². The van der Waals surface area contributed by atoms with Gasteiger partial charge in [0.05, 0.1) is 10.4 Å². The van der Waals surface area contributed by atoms with Crippen LogP contribution >= 0.6 is 0 Å². The highest BCUT2D eigenvalue weighted by Crippen LogP contribution is 2.17. The molecule has 0 fully saturated rings. The van der Waals surface area contributed by atoms with Crippen molar-refractivity contribution in [2.24, 2.45) is 0 Å². The summed E-state index contributed by atoms with van der Waals surface area (Å²) in [5, 5.41) is 0.941. The second kappa shape index (κ2) is 10.7. The molecule has 0 radical (unpaired) electrons. The third kappa shape index (κ3) is 6.17. The maximum absolute atomic E-state index is 12.6. The van der Waals surface area contributed by atoms with Crippen molar-refractivity contribution >= 4 is 38.8 Å². The van der Waals surface area contributed by atoms with Crippen LogP contribution in [0.2, 0.25) is 0 Å². The SMILES string of the molecule is O=C(/C=C/c1cccc2cccnc12)NNC(=O)c1cccc(S(=O)(=O)NCc2ccccc2)c1. The molecule has 0 aliphatic heterocycles. The van der Waals surface area contributed by atoms with E-state index in [1.807, 2.05) is 48.5 Å². The lowest BCUT2D eigenvalue weighted by Gasteiger charge is -2.09. The van der Waals surface area contributed by atoms with Crippen molar-refractivity contribution in [3.8, 4) is 0 Å². The van der Waals surface area contributed by atoms with Gasteiger partial charge < -0.3 is 0 Å². The molecule has 9 heteroatoms. The van der Waals surface area contributed by atoms with Gasteiger partial charge in [-0.2, -0.15) is 0 Å². The normalized spacial score (nSPS) is 11.4.